The first kappa shape index (κ1) is 26.6. The molecule has 0 unspecified atom stereocenters. The van der Waals surface area contributed by atoms with Gasteiger partial charge in [-0.25, -0.2) is 15.0 Å². The summed E-state index contributed by atoms with van der Waals surface area (Å²) >= 11 is 0. The highest BCUT2D eigenvalue weighted by molar-refractivity contribution is 5.86. The molecule has 42 heavy (non-hydrogen) atoms. The standard InChI is InChI=1S/C34H37N7O/c35-32-31-20-37-33(25-8-6-22(7-9-25)19-38-34(42)26-14-16-36-17-15-26)41(31)21-30(40-32)27-11-10-24-12-13-28(39-29(24)18-27)23-4-2-1-3-5-23/h1-5,10-13,18,20-22,25-26,36H,6-9,14-17,19H2,(H2,35,40)(H,38,42)/t22-,25-. The molecule has 1 aliphatic heterocycles. The molecular formula is C34H37N7O. The van der Waals surface area contributed by atoms with Gasteiger partial charge in [-0.1, -0.05) is 48.5 Å². The number of nitrogens with one attached hydrogen (secondary N) is 2. The summed E-state index contributed by atoms with van der Waals surface area (Å²) in [5.74, 6) is 2.79. The van der Waals surface area contributed by atoms with Crippen LogP contribution in [-0.2, 0) is 4.79 Å². The SMILES string of the molecule is Nc1nc(-c2ccc3ccc(-c4ccccc4)nc3c2)cn2c1cnc2[C@H]1CC[C@H](CNC(=O)C2CCNCC2)CC1. The van der Waals surface area contributed by atoms with Crippen LogP contribution >= 0.6 is 0 Å². The largest absolute Gasteiger partial charge is 0.382 e. The Bertz CT molecular complexity index is 1720. The maximum atomic E-state index is 12.6. The number of carbonyl (C=O) groups excluding carboxylic acids is 1. The van der Waals surface area contributed by atoms with E-state index in [4.69, 9.17) is 20.7 Å². The molecular weight excluding hydrogens is 522 g/mol. The molecule has 7 rings (SSSR count). The molecule has 214 valence electrons. The number of benzene rings is 2. The molecule has 1 saturated carbocycles. The lowest BCUT2D eigenvalue weighted by Gasteiger charge is -2.29. The van der Waals surface area contributed by atoms with Gasteiger partial charge in [-0.3, -0.25) is 9.20 Å². The van der Waals surface area contributed by atoms with Crippen molar-refractivity contribution in [2.24, 2.45) is 11.8 Å². The number of pyridine rings is 1. The Labute approximate surface area is 245 Å². The third-order valence-corrected chi connectivity index (χ3v) is 9.12. The number of nitrogens with zero attached hydrogens (tertiary/aromatic N) is 4. The summed E-state index contributed by atoms with van der Waals surface area (Å²) < 4.78 is 2.14. The van der Waals surface area contributed by atoms with Crippen LogP contribution < -0.4 is 16.4 Å². The Morgan fingerprint density at radius 1 is 0.905 bits per heavy atom. The van der Waals surface area contributed by atoms with E-state index >= 15 is 0 Å². The van der Waals surface area contributed by atoms with Crippen LogP contribution in [0.3, 0.4) is 0 Å². The van der Waals surface area contributed by atoms with Crippen LogP contribution in [0.2, 0.25) is 0 Å². The molecule has 0 atom stereocenters. The number of piperidine rings is 1. The van der Waals surface area contributed by atoms with Gasteiger partial charge in [-0.2, -0.15) is 0 Å². The molecule has 1 aliphatic carbocycles. The van der Waals surface area contributed by atoms with Gasteiger partial charge in [0.2, 0.25) is 5.91 Å². The predicted octanol–water partition coefficient (Wildman–Crippen LogP) is 5.58. The average molecular weight is 560 g/mol. The van der Waals surface area contributed by atoms with Gasteiger partial charge in [0.1, 0.15) is 17.2 Å². The molecule has 2 fully saturated rings. The smallest absolute Gasteiger partial charge is 0.223 e. The fourth-order valence-electron chi connectivity index (χ4n) is 6.62. The number of nitrogen functional groups attached to an aromatic ring is 1. The second-order valence-corrected chi connectivity index (χ2v) is 11.8. The van der Waals surface area contributed by atoms with Crippen molar-refractivity contribution in [1.82, 2.24) is 30.0 Å². The topological polar surface area (TPSA) is 110 Å². The van der Waals surface area contributed by atoms with Gasteiger partial charge in [0.25, 0.3) is 0 Å². The quantitative estimate of drug-likeness (QED) is 0.250. The molecule has 1 amide bonds. The normalized spacial score (nSPS) is 19.7. The Morgan fingerprint density at radius 2 is 1.69 bits per heavy atom. The lowest BCUT2D eigenvalue weighted by atomic mass is 9.81. The van der Waals surface area contributed by atoms with Crippen molar-refractivity contribution < 1.29 is 4.79 Å². The van der Waals surface area contributed by atoms with Gasteiger partial charge in [-0.05, 0) is 69.7 Å². The number of hydrogen-bond acceptors (Lipinski definition) is 6. The van der Waals surface area contributed by atoms with Crippen LogP contribution in [0.15, 0.2) is 73.1 Å². The highest BCUT2D eigenvalue weighted by Gasteiger charge is 2.27. The van der Waals surface area contributed by atoms with Gasteiger partial charge in [-0.15, -0.1) is 0 Å². The summed E-state index contributed by atoms with van der Waals surface area (Å²) in [5.41, 5.74) is 12.1. The fourth-order valence-corrected chi connectivity index (χ4v) is 6.62. The molecule has 3 aromatic heterocycles. The second-order valence-electron chi connectivity index (χ2n) is 11.8. The van der Waals surface area contributed by atoms with E-state index in [0.29, 0.717) is 17.7 Å². The van der Waals surface area contributed by atoms with Gasteiger partial charge in [0.05, 0.1) is 23.1 Å². The summed E-state index contributed by atoms with van der Waals surface area (Å²) in [4.78, 5) is 27.1. The molecule has 4 heterocycles. The molecule has 4 N–H and O–H groups in total. The first-order valence-corrected chi connectivity index (χ1v) is 15.2. The van der Waals surface area contributed by atoms with Gasteiger partial charge < -0.3 is 16.4 Å². The zero-order valence-electron chi connectivity index (χ0n) is 23.8. The zero-order valence-corrected chi connectivity index (χ0v) is 23.8. The first-order chi connectivity index (χ1) is 20.6. The number of carbonyl (C=O) groups is 1. The van der Waals surface area contributed by atoms with Gasteiger partial charge >= 0.3 is 0 Å². The fraction of sp³-hybridized carbons (Fsp3) is 0.353. The van der Waals surface area contributed by atoms with Crippen molar-refractivity contribution >= 4 is 28.1 Å². The maximum Gasteiger partial charge on any atom is 0.223 e. The van der Waals surface area contributed by atoms with E-state index in [1.54, 1.807) is 0 Å². The number of nitrogens with two attached hydrogens (primary N) is 1. The molecule has 1 saturated heterocycles. The van der Waals surface area contributed by atoms with E-state index in [1.165, 1.54) is 0 Å². The Kier molecular flexibility index (Phi) is 7.30. The second kappa shape index (κ2) is 11.5. The van der Waals surface area contributed by atoms with Crippen LogP contribution in [0.5, 0.6) is 0 Å². The van der Waals surface area contributed by atoms with Crippen LogP contribution in [0.1, 0.15) is 50.3 Å². The zero-order chi connectivity index (χ0) is 28.5. The van der Waals surface area contributed by atoms with E-state index in [1.807, 2.05) is 24.4 Å². The molecule has 2 aliphatic rings. The third-order valence-electron chi connectivity index (χ3n) is 9.12. The molecule has 8 nitrogen and oxygen atoms in total. The summed E-state index contributed by atoms with van der Waals surface area (Å²) in [6.45, 7) is 2.66. The highest BCUT2D eigenvalue weighted by atomic mass is 16.1. The summed E-state index contributed by atoms with van der Waals surface area (Å²) in [7, 11) is 0. The van der Waals surface area contributed by atoms with Crippen LogP contribution in [0.4, 0.5) is 5.82 Å². The Morgan fingerprint density at radius 3 is 2.50 bits per heavy atom. The van der Waals surface area contributed by atoms with E-state index in [2.05, 4.69) is 63.7 Å². The van der Waals surface area contributed by atoms with Crippen LogP contribution in [0.25, 0.3) is 38.9 Å². The monoisotopic (exact) mass is 559 g/mol. The number of rotatable bonds is 6. The van der Waals surface area contributed by atoms with E-state index < -0.39 is 0 Å². The number of hydrogen-bond donors (Lipinski definition) is 3. The van der Waals surface area contributed by atoms with Crippen molar-refractivity contribution in [1.29, 1.82) is 0 Å². The Balaban J connectivity index is 1.09. The number of aromatic nitrogens is 4. The molecule has 5 aromatic rings. The number of amides is 1. The lowest BCUT2D eigenvalue weighted by molar-refractivity contribution is -0.126. The molecule has 0 bridgehead atoms. The number of anilines is 1. The first-order valence-electron chi connectivity index (χ1n) is 15.2. The van der Waals surface area contributed by atoms with Crippen LogP contribution in [0, 0.1) is 11.8 Å². The third kappa shape index (κ3) is 5.34. The Hall–Kier alpha value is -4.30. The van der Waals surface area contributed by atoms with Crippen molar-refractivity contribution in [2.75, 3.05) is 25.4 Å². The van der Waals surface area contributed by atoms with Crippen LogP contribution in [-0.4, -0.2) is 44.9 Å². The summed E-state index contributed by atoms with van der Waals surface area (Å²) in [5, 5.41) is 7.66. The van der Waals surface area contributed by atoms with Crippen molar-refractivity contribution in [2.45, 2.75) is 44.4 Å². The minimum Gasteiger partial charge on any atom is -0.382 e. The summed E-state index contributed by atoms with van der Waals surface area (Å²) in [6.07, 6.45) is 10.1. The molecule has 0 radical (unpaired) electrons. The van der Waals surface area contributed by atoms with Gasteiger partial charge in [0, 0.05) is 41.1 Å². The van der Waals surface area contributed by atoms with E-state index in [0.717, 1.165) is 103 Å². The lowest BCUT2D eigenvalue weighted by Crippen LogP contribution is -2.40. The van der Waals surface area contributed by atoms with Gasteiger partial charge in [0.15, 0.2) is 0 Å². The average Bonchev–Trinajstić information content (AvgIpc) is 3.49. The van der Waals surface area contributed by atoms with Crippen molar-refractivity contribution in [3.05, 3.63) is 78.9 Å². The van der Waals surface area contributed by atoms with E-state index in [-0.39, 0.29) is 11.8 Å². The number of fused-ring (bicyclic) bond motifs is 2. The molecule has 0 spiro atoms. The summed E-state index contributed by atoms with van der Waals surface area (Å²) in [6, 6.07) is 20.7. The van der Waals surface area contributed by atoms with E-state index in [9.17, 15) is 4.79 Å². The minimum absolute atomic E-state index is 0.163. The minimum atomic E-state index is 0.163. The maximum absolute atomic E-state index is 12.6. The molecule has 2 aromatic carbocycles. The van der Waals surface area contributed by atoms with Crippen molar-refractivity contribution in [3.8, 4) is 22.5 Å². The molecule has 8 heteroatoms. The highest BCUT2D eigenvalue weighted by Crippen LogP contribution is 2.36. The number of imidazole rings is 1. The predicted molar refractivity (Wildman–Crippen MR) is 167 cm³/mol. The van der Waals surface area contributed by atoms with Crippen molar-refractivity contribution in [3.63, 3.8) is 0 Å².